The van der Waals surface area contributed by atoms with Crippen LogP contribution in [0, 0.1) is 6.92 Å². The fourth-order valence-electron chi connectivity index (χ4n) is 4.33. The third-order valence-corrected chi connectivity index (χ3v) is 6.74. The van der Waals surface area contributed by atoms with Crippen molar-refractivity contribution < 1.29 is 14.4 Å². The zero-order valence-electron chi connectivity index (χ0n) is 18.2. The molecule has 32 heavy (non-hydrogen) atoms. The number of thiophene rings is 1. The molecule has 1 aromatic carbocycles. The van der Waals surface area contributed by atoms with E-state index in [1.165, 1.54) is 4.90 Å². The molecule has 3 heterocycles. The lowest BCUT2D eigenvalue weighted by Crippen LogP contribution is -2.42. The fraction of sp³-hybridized carbons (Fsp3) is 0.280. The molecule has 6 nitrogen and oxygen atoms in total. The van der Waals surface area contributed by atoms with E-state index in [1.807, 2.05) is 54.1 Å². The molecule has 4 rings (SSSR count). The first-order valence-electron chi connectivity index (χ1n) is 10.5. The zero-order valence-corrected chi connectivity index (χ0v) is 19.0. The van der Waals surface area contributed by atoms with E-state index in [0.717, 1.165) is 22.3 Å². The van der Waals surface area contributed by atoms with Crippen molar-refractivity contribution in [3.63, 3.8) is 0 Å². The molecule has 7 heteroatoms. The highest BCUT2D eigenvalue weighted by molar-refractivity contribution is 7.07. The maximum Gasteiger partial charge on any atom is 0.241 e. The van der Waals surface area contributed by atoms with Gasteiger partial charge in [-0.15, -0.1) is 0 Å². The summed E-state index contributed by atoms with van der Waals surface area (Å²) in [6.07, 6.45) is 3.23. The van der Waals surface area contributed by atoms with Crippen LogP contribution >= 0.6 is 11.3 Å². The van der Waals surface area contributed by atoms with Crippen molar-refractivity contribution in [2.24, 2.45) is 0 Å². The van der Waals surface area contributed by atoms with Crippen molar-refractivity contribution in [2.45, 2.75) is 38.3 Å². The average molecular weight is 448 g/mol. The van der Waals surface area contributed by atoms with Crippen molar-refractivity contribution in [3.8, 4) is 0 Å². The second-order valence-corrected chi connectivity index (χ2v) is 9.06. The van der Waals surface area contributed by atoms with Gasteiger partial charge in [0.25, 0.3) is 0 Å². The van der Waals surface area contributed by atoms with Crippen LogP contribution in [0.1, 0.15) is 35.1 Å². The minimum Gasteiger partial charge on any atom is -0.341 e. The average Bonchev–Trinajstić information content (AvgIpc) is 3.37. The van der Waals surface area contributed by atoms with Crippen LogP contribution in [0.2, 0.25) is 0 Å². The standard InChI is InChI=1S/C25H25N3O3S/c1-18-6-3-4-8-21(18)25(12-22(29)27(2)15-20-9-11-32-17-20)13-23(30)28(24(25)31)16-19-7-5-10-26-14-19/h3-11,14,17H,12-13,15-16H2,1-2H3/t25-/m0/s1. The van der Waals surface area contributed by atoms with E-state index in [0.29, 0.717) is 6.54 Å². The van der Waals surface area contributed by atoms with Crippen molar-refractivity contribution >= 4 is 29.1 Å². The van der Waals surface area contributed by atoms with Gasteiger partial charge in [-0.25, -0.2) is 0 Å². The van der Waals surface area contributed by atoms with Gasteiger partial charge in [-0.3, -0.25) is 24.3 Å². The monoisotopic (exact) mass is 447 g/mol. The first-order chi connectivity index (χ1) is 15.4. The number of hydrogen-bond donors (Lipinski definition) is 0. The van der Waals surface area contributed by atoms with Crippen LogP contribution in [0.5, 0.6) is 0 Å². The third kappa shape index (κ3) is 4.21. The molecular weight excluding hydrogens is 422 g/mol. The first kappa shape index (κ1) is 21.9. The number of rotatable bonds is 7. The topological polar surface area (TPSA) is 70.6 Å². The highest BCUT2D eigenvalue weighted by Gasteiger charge is 2.54. The molecular formula is C25H25N3O3S. The van der Waals surface area contributed by atoms with Gasteiger partial charge in [0, 0.05) is 38.8 Å². The molecule has 3 amide bonds. The molecule has 0 aliphatic carbocycles. The quantitative estimate of drug-likeness (QED) is 0.518. The molecule has 1 aliphatic rings. The molecule has 0 bridgehead atoms. The molecule has 164 valence electrons. The van der Waals surface area contributed by atoms with Crippen molar-refractivity contribution in [1.82, 2.24) is 14.8 Å². The van der Waals surface area contributed by atoms with E-state index in [-0.39, 0.29) is 37.1 Å². The number of carbonyl (C=O) groups is 3. The summed E-state index contributed by atoms with van der Waals surface area (Å²) in [6.45, 7) is 2.53. The molecule has 1 fully saturated rings. The maximum atomic E-state index is 13.8. The van der Waals surface area contributed by atoms with Gasteiger partial charge >= 0.3 is 0 Å². The number of likely N-dealkylation sites (tertiary alicyclic amines) is 1. The smallest absolute Gasteiger partial charge is 0.241 e. The van der Waals surface area contributed by atoms with Crippen molar-refractivity contribution in [3.05, 3.63) is 87.9 Å². The molecule has 1 aliphatic heterocycles. The van der Waals surface area contributed by atoms with Gasteiger partial charge < -0.3 is 4.90 Å². The van der Waals surface area contributed by atoms with Gasteiger partial charge in [0.2, 0.25) is 17.7 Å². The van der Waals surface area contributed by atoms with Crippen LogP contribution in [0.25, 0.3) is 0 Å². The summed E-state index contributed by atoms with van der Waals surface area (Å²) >= 11 is 1.58. The second-order valence-electron chi connectivity index (χ2n) is 8.28. The highest BCUT2D eigenvalue weighted by Crippen LogP contribution is 2.42. The summed E-state index contributed by atoms with van der Waals surface area (Å²) in [7, 11) is 1.74. The number of imide groups is 1. The Morgan fingerprint density at radius 3 is 2.66 bits per heavy atom. The number of aromatic nitrogens is 1. The molecule has 0 unspecified atom stereocenters. The third-order valence-electron chi connectivity index (χ3n) is 6.01. The lowest BCUT2D eigenvalue weighted by atomic mass is 9.74. The Morgan fingerprint density at radius 1 is 1.16 bits per heavy atom. The molecule has 1 saturated heterocycles. The Bertz CT molecular complexity index is 1130. The fourth-order valence-corrected chi connectivity index (χ4v) is 4.99. The number of hydrogen-bond acceptors (Lipinski definition) is 5. The molecule has 0 radical (unpaired) electrons. The van der Waals surface area contributed by atoms with Crippen LogP contribution < -0.4 is 0 Å². The van der Waals surface area contributed by atoms with Crippen LogP contribution in [-0.2, 0) is 32.9 Å². The predicted octanol–water partition coefficient (Wildman–Crippen LogP) is 3.70. The van der Waals surface area contributed by atoms with Gasteiger partial charge in [0.15, 0.2) is 0 Å². The van der Waals surface area contributed by atoms with Crippen LogP contribution in [0.3, 0.4) is 0 Å². The predicted molar refractivity (Wildman–Crippen MR) is 123 cm³/mol. The molecule has 0 N–H and O–H groups in total. The Balaban J connectivity index is 1.66. The lowest BCUT2D eigenvalue weighted by Gasteiger charge is -2.30. The van der Waals surface area contributed by atoms with Crippen molar-refractivity contribution in [2.75, 3.05) is 7.05 Å². The van der Waals surface area contributed by atoms with E-state index < -0.39 is 5.41 Å². The molecule has 0 spiro atoms. The second kappa shape index (κ2) is 9.04. The highest BCUT2D eigenvalue weighted by atomic mass is 32.1. The molecule has 3 aromatic rings. The number of aryl methyl sites for hydroxylation is 1. The number of benzene rings is 1. The summed E-state index contributed by atoms with van der Waals surface area (Å²) < 4.78 is 0. The van der Waals surface area contributed by atoms with E-state index in [4.69, 9.17) is 0 Å². The summed E-state index contributed by atoms with van der Waals surface area (Å²) in [5.41, 5.74) is 2.25. The molecule has 2 aromatic heterocycles. The molecule has 1 atom stereocenters. The minimum absolute atomic E-state index is 0.0189. The normalized spacial score (nSPS) is 18.2. The Labute approximate surface area is 191 Å². The van der Waals surface area contributed by atoms with Crippen LogP contribution in [0.4, 0.5) is 0 Å². The van der Waals surface area contributed by atoms with E-state index in [9.17, 15) is 14.4 Å². The van der Waals surface area contributed by atoms with Gasteiger partial charge in [0.05, 0.1) is 12.0 Å². The molecule has 0 saturated carbocycles. The van der Waals surface area contributed by atoms with Crippen molar-refractivity contribution in [1.29, 1.82) is 0 Å². The van der Waals surface area contributed by atoms with E-state index >= 15 is 0 Å². The number of pyridine rings is 1. The van der Waals surface area contributed by atoms with Gasteiger partial charge in [0.1, 0.15) is 0 Å². The summed E-state index contributed by atoms with van der Waals surface area (Å²) in [4.78, 5) is 47.1. The zero-order chi connectivity index (χ0) is 22.7. The summed E-state index contributed by atoms with van der Waals surface area (Å²) in [5, 5.41) is 3.97. The largest absolute Gasteiger partial charge is 0.341 e. The van der Waals surface area contributed by atoms with E-state index in [1.54, 1.807) is 41.7 Å². The number of nitrogens with zero attached hydrogens (tertiary/aromatic N) is 3. The van der Waals surface area contributed by atoms with E-state index in [2.05, 4.69) is 4.98 Å². The van der Waals surface area contributed by atoms with Crippen LogP contribution in [0.15, 0.2) is 65.6 Å². The summed E-state index contributed by atoms with van der Waals surface area (Å²) in [6, 6.07) is 13.1. The Morgan fingerprint density at radius 2 is 1.97 bits per heavy atom. The first-order valence-corrected chi connectivity index (χ1v) is 11.4. The summed E-state index contributed by atoms with van der Waals surface area (Å²) in [5.74, 6) is -0.753. The number of carbonyl (C=O) groups excluding carboxylic acids is 3. The SMILES string of the molecule is Cc1ccccc1[C@]1(CC(=O)N(C)Cc2ccsc2)CC(=O)N(Cc2cccnc2)C1=O. The van der Waals surface area contributed by atoms with Gasteiger partial charge in [-0.2, -0.15) is 11.3 Å². The lowest BCUT2D eigenvalue weighted by molar-refractivity contribution is -0.143. The Kier molecular flexibility index (Phi) is 6.19. The van der Waals surface area contributed by atoms with Gasteiger partial charge in [-0.1, -0.05) is 30.3 Å². The maximum absolute atomic E-state index is 13.8. The number of amides is 3. The van der Waals surface area contributed by atoms with Crippen LogP contribution in [-0.4, -0.2) is 39.6 Å². The van der Waals surface area contributed by atoms with Gasteiger partial charge in [-0.05, 0) is 52.1 Å². The minimum atomic E-state index is -1.20. The Hall–Kier alpha value is -3.32.